The van der Waals surface area contributed by atoms with Gasteiger partial charge in [-0.05, 0) is 53.4 Å². The first kappa shape index (κ1) is 23.5. The maximum Gasteiger partial charge on any atom is 0.423 e. The lowest BCUT2D eigenvalue weighted by Crippen LogP contribution is -2.59. The minimum Gasteiger partial charge on any atom is -0.378 e. The van der Waals surface area contributed by atoms with Crippen molar-refractivity contribution in [2.45, 2.75) is 89.0 Å². The van der Waals surface area contributed by atoms with Crippen LogP contribution < -0.4 is 0 Å². The van der Waals surface area contributed by atoms with Crippen LogP contribution in [0.1, 0.15) is 53.4 Å². The lowest BCUT2D eigenvalue weighted by atomic mass is 9.80. The van der Waals surface area contributed by atoms with Crippen LogP contribution in [-0.2, 0) is 14.7 Å². The summed E-state index contributed by atoms with van der Waals surface area (Å²) in [5.74, 6) is 0. The average Bonchev–Trinajstić information content (AvgIpc) is 2.40. The van der Waals surface area contributed by atoms with E-state index in [4.69, 9.17) is 4.74 Å². The van der Waals surface area contributed by atoms with Crippen molar-refractivity contribution in [1.82, 2.24) is 5.06 Å². The standard InChI is InChI=1S/C16H26F6NO3/c1-13(2)9-11(10-14(3,4)23(13)24)25-7-5-6-8-26-12(15(17,18)19)16(20,21)22/h11-12H,5-10H2,1-4H3. The van der Waals surface area contributed by atoms with E-state index in [0.717, 1.165) is 5.06 Å². The Balaban J connectivity index is 2.35. The van der Waals surface area contributed by atoms with Gasteiger partial charge in [0.25, 0.3) is 0 Å². The summed E-state index contributed by atoms with van der Waals surface area (Å²) in [6, 6.07) is 0. The Morgan fingerprint density at radius 3 is 1.77 bits per heavy atom. The van der Waals surface area contributed by atoms with Gasteiger partial charge in [0.2, 0.25) is 6.10 Å². The molecular weight excluding hydrogens is 368 g/mol. The van der Waals surface area contributed by atoms with Crippen LogP contribution in [0.2, 0.25) is 0 Å². The molecule has 1 saturated heterocycles. The Morgan fingerprint density at radius 1 is 0.923 bits per heavy atom. The Hall–Kier alpha value is -0.580. The van der Waals surface area contributed by atoms with Crippen LogP contribution in [-0.4, -0.2) is 53.9 Å². The number of rotatable bonds is 7. The summed E-state index contributed by atoms with van der Waals surface area (Å²) in [5, 5.41) is 13.3. The van der Waals surface area contributed by atoms with Crippen molar-refractivity contribution in [3.63, 3.8) is 0 Å². The molecular formula is C16H26F6NO3. The van der Waals surface area contributed by atoms with E-state index in [1.807, 2.05) is 0 Å². The number of hydrogen-bond donors (Lipinski definition) is 0. The minimum absolute atomic E-state index is 0.00977. The van der Waals surface area contributed by atoms with Gasteiger partial charge in [-0.1, -0.05) is 0 Å². The first-order chi connectivity index (χ1) is 11.6. The topological polar surface area (TPSA) is 41.6 Å². The van der Waals surface area contributed by atoms with Crippen LogP contribution in [0.3, 0.4) is 0 Å². The molecule has 0 atom stereocenters. The van der Waals surface area contributed by atoms with Crippen LogP contribution in [0.15, 0.2) is 0 Å². The van der Waals surface area contributed by atoms with Gasteiger partial charge < -0.3 is 9.47 Å². The molecule has 0 aromatic carbocycles. The molecule has 1 aliphatic heterocycles. The molecule has 1 aliphatic rings. The summed E-state index contributed by atoms with van der Waals surface area (Å²) in [4.78, 5) is 0. The molecule has 155 valence electrons. The van der Waals surface area contributed by atoms with Crippen LogP contribution in [0.4, 0.5) is 26.3 Å². The Kier molecular flexibility index (Phi) is 7.40. The van der Waals surface area contributed by atoms with Crippen LogP contribution in [0.25, 0.3) is 0 Å². The largest absolute Gasteiger partial charge is 0.423 e. The fraction of sp³-hybridized carbons (Fsp3) is 1.00. The zero-order chi connectivity index (χ0) is 20.4. The fourth-order valence-corrected chi connectivity index (χ4v) is 3.32. The van der Waals surface area contributed by atoms with E-state index < -0.39 is 36.1 Å². The van der Waals surface area contributed by atoms with E-state index >= 15 is 0 Å². The summed E-state index contributed by atoms with van der Waals surface area (Å²) in [5.41, 5.74) is -1.22. The molecule has 0 bridgehead atoms. The zero-order valence-electron chi connectivity index (χ0n) is 15.3. The molecule has 1 radical (unpaired) electrons. The Morgan fingerprint density at radius 2 is 1.35 bits per heavy atom. The lowest BCUT2D eigenvalue weighted by molar-refractivity contribution is -0.321. The average molecular weight is 394 g/mol. The predicted molar refractivity (Wildman–Crippen MR) is 80.7 cm³/mol. The van der Waals surface area contributed by atoms with Crippen molar-refractivity contribution in [3.8, 4) is 0 Å². The van der Waals surface area contributed by atoms with Gasteiger partial charge in [-0.2, -0.15) is 26.3 Å². The zero-order valence-corrected chi connectivity index (χ0v) is 15.3. The summed E-state index contributed by atoms with van der Waals surface area (Å²) >= 11 is 0. The molecule has 1 fully saturated rings. The highest BCUT2D eigenvalue weighted by Crippen LogP contribution is 2.38. The number of piperidine rings is 1. The smallest absolute Gasteiger partial charge is 0.378 e. The molecule has 0 saturated carbocycles. The summed E-state index contributed by atoms with van der Waals surface area (Å²) in [6.07, 6.45) is -13.7. The van der Waals surface area contributed by atoms with Gasteiger partial charge >= 0.3 is 12.4 Å². The van der Waals surface area contributed by atoms with Gasteiger partial charge in [-0.25, -0.2) is 0 Å². The first-order valence-corrected chi connectivity index (χ1v) is 8.41. The predicted octanol–water partition coefficient (Wildman–Crippen LogP) is 4.66. The Labute approximate surface area is 149 Å². The van der Waals surface area contributed by atoms with Gasteiger partial charge in [0.05, 0.1) is 6.10 Å². The quantitative estimate of drug-likeness (QED) is 0.466. The molecule has 0 aromatic rings. The Bertz CT molecular complexity index is 418. The van der Waals surface area contributed by atoms with Crippen molar-refractivity contribution in [1.29, 1.82) is 0 Å². The van der Waals surface area contributed by atoms with Gasteiger partial charge in [0, 0.05) is 24.3 Å². The van der Waals surface area contributed by atoms with Gasteiger partial charge in [-0.15, -0.1) is 10.3 Å². The van der Waals surface area contributed by atoms with E-state index in [2.05, 4.69) is 4.74 Å². The summed E-state index contributed by atoms with van der Waals surface area (Å²) < 4.78 is 83.5. The summed E-state index contributed by atoms with van der Waals surface area (Å²) in [6.45, 7) is 6.74. The SMILES string of the molecule is CC1(C)CC(OCCCCOC(C(F)(F)F)C(F)(F)F)CC(C)(C)N1[O]. The maximum absolute atomic E-state index is 12.3. The highest BCUT2D eigenvalue weighted by atomic mass is 19.4. The number of halogens is 6. The summed E-state index contributed by atoms with van der Waals surface area (Å²) in [7, 11) is 0. The van der Waals surface area contributed by atoms with E-state index in [1.165, 1.54) is 0 Å². The molecule has 0 aromatic heterocycles. The number of ether oxygens (including phenoxy) is 2. The van der Waals surface area contributed by atoms with Crippen molar-refractivity contribution in [2.75, 3.05) is 13.2 Å². The number of hydrogen-bond acceptors (Lipinski definition) is 3. The fourth-order valence-electron chi connectivity index (χ4n) is 3.32. The number of nitrogens with zero attached hydrogens (tertiary/aromatic N) is 1. The molecule has 0 spiro atoms. The first-order valence-electron chi connectivity index (χ1n) is 8.41. The van der Waals surface area contributed by atoms with Gasteiger partial charge in [0.1, 0.15) is 0 Å². The second-order valence-electron chi connectivity index (χ2n) is 7.86. The molecule has 0 N–H and O–H groups in total. The maximum atomic E-state index is 12.3. The molecule has 0 aliphatic carbocycles. The second kappa shape index (κ2) is 8.20. The normalized spacial score (nSPS) is 22.2. The highest BCUT2D eigenvalue weighted by Gasteiger charge is 2.57. The third-order valence-corrected chi connectivity index (χ3v) is 4.33. The van der Waals surface area contributed by atoms with Crippen molar-refractivity contribution in [2.24, 2.45) is 0 Å². The molecule has 1 rings (SSSR count). The molecule has 4 nitrogen and oxygen atoms in total. The van der Waals surface area contributed by atoms with Crippen molar-refractivity contribution >= 4 is 0 Å². The number of hydroxylamine groups is 2. The minimum atomic E-state index is -5.49. The molecule has 10 heteroatoms. The third-order valence-electron chi connectivity index (χ3n) is 4.33. The van der Waals surface area contributed by atoms with Crippen molar-refractivity contribution in [3.05, 3.63) is 0 Å². The van der Waals surface area contributed by atoms with E-state index in [-0.39, 0.29) is 25.6 Å². The van der Waals surface area contributed by atoms with Gasteiger partial charge in [0.15, 0.2) is 0 Å². The van der Waals surface area contributed by atoms with Crippen LogP contribution in [0, 0.1) is 0 Å². The molecule has 26 heavy (non-hydrogen) atoms. The molecule has 1 heterocycles. The number of unbranched alkanes of at least 4 members (excludes halogenated alkanes) is 1. The van der Waals surface area contributed by atoms with Crippen LogP contribution >= 0.6 is 0 Å². The number of alkyl halides is 6. The molecule has 0 amide bonds. The third kappa shape index (κ3) is 6.54. The van der Waals surface area contributed by atoms with Crippen molar-refractivity contribution < 1.29 is 41.0 Å². The van der Waals surface area contributed by atoms with E-state index in [9.17, 15) is 31.5 Å². The lowest BCUT2D eigenvalue weighted by Gasteiger charge is -2.49. The highest BCUT2D eigenvalue weighted by molar-refractivity contribution is 4.96. The van der Waals surface area contributed by atoms with E-state index in [1.54, 1.807) is 27.7 Å². The van der Waals surface area contributed by atoms with Gasteiger partial charge in [-0.3, -0.25) is 0 Å². The molecule has 0 unspecified atom stereocenters. The second-order valence-corrected chi connectivity index (χ2v) is 7.86. The monoisotopic (exact) mass is 394 g/mol. The van der Waals surface area contributed by atoms with Crippen LogP contribution in [0.5, 0.6) is 0 Å². The van der Waals surface area contributed by atoms with E-state index in [0.29, 0.717) is 12.8 Å².